The van der Waals surface area contributed by atoms with Crippen molar-refractivity contribution in [3.8, 4) is 11.5 Å². The Labute approximate surface area is 145 Å². The van der Waals surface area contributed by atoms with Gasteiger partial charge in [-0.1, -0.05) is 12.1 Å². The first-order chi connectivity index (χ1) is 11.5. The molecule has 0 aliphatic carbocycles. The van der Waals surface area contributed by atoms with Gasteiger partial charge in [-0.3, -0.25) is 4.90 Å². The number of hydrogen-bond donors (Lipinski definition) is 1. The van der Waals surface area contributed by atoms with Gasteiger partial charge in [-0.25, -0.2) is 4.39 Å². The van der Waals surface area contributed by atoms with E-state index < -0.39 is 5.72 Å². The number of hydrogen-bond acceptors (Lipinski definition) is 3. The normalized spacial score (nSPS) is 24.7. The van der Waals surface area contributed by atoms with Crippen LogP contribution in [0.5, 0.6) is 11.5 Å². The number of ether oxygens (including phenoxy) is 2. The minimum absolute atomic E-state index is 0.0537. The summed E-state index contributed by atoms with van der Waals surface area (Å²) in [6, 6.07) is 12.1. The molecule has 4 rings (SSSR count). The van der Waals surface area contributed by atoms with Crippen LogP contribution in [0.4, 0.5) is 10.1 Å². The van der Waals surface area contributed by atoms with Crippen LogP contribution in [0.3, 0.4) is 0 Å². The fraction of sp³-hybridized carbons (Fsp3) is 0.278. The quantitative estimate of drug-likeness (QED) is 0.839. The number of halogens is 1. The molecular weight excluding hydrogens is 327 g/mol. The lowest BCUT2D eigenvalue weighted by atomic mass is 9.90. The lowest BCUT2D eigenvalue weighted by Gasteiger charge is -2.52. The number of thiocarbonyl (C=S) groups is 1. The van der Waals surface area contributed by atoms with Gasteiger partial charge in [0.15, 0.2) is 22.3 Å². The standard InChI is InChI=1S/C18H17FN2O2S/c1-18-10-14(13-4-3-5-15(22-2)16(13)23-18)20-17(24)21(18)12-8-6-11(19)7-9-12/h3-9,14H,10H2,1-2H3,(H,20,24)/t14-,18-/m1/s1. The molecule has 1 saturated heterocycles. The Morgan fingerprint density at radius 1 is 1.29 bits per heavy atom. The van der Waals surface area contributed by atoms with Crippen molar-refractivity contribution < 1.29 is 13.9 Å². The predicted octanol–water partition coefficient (Wildman–Crippen LogP) is 3.77. The van der Waals surface area contributed by atoms with E-state index in [2.05, 4.69) is 5.32 Å². The molecule has 4 nitrogen and oxygen atoms in total. The minimum Gasteiger partial charge on any atom is -0.493 e. The molecule has 0 aromatic heterocycles. The summed E-state index contributed by atoms with van der Waals surface area (Å²) in [5.41, 5.74) is 1.15. The van der Waals surface area contributed by atoms with Crippen LogP contribution in [0.25, 0.3) is 0 Å². The third-order valence-electron chi connectivity index (χ3n) is 4.57. The number of fused-ring (bicyclic) bond motifs is 4. The van der Waals surface area contributed by atoms with Crippen LogP contribution in [0.15, 0.2) is 42.5 Å². The second-order valence-corrected chi connectivity index (χ2v) is 6.56. The topological polar surface area (TPSA) is 33.7 Å². The molecule has 2 bridgehead atoms. The van der Waals surface area contributed by atoms with Crippen molar-refractivity contribution >= 4 is 23.0 Å². The monoisotopic (exact) mass is 344 g/mol. The van der Waals surface area contributed by atoms with Gasteiger partial charge in [0.25, 0.3) is 0 Å². The third-order valence-corrected chi connectivity index (χ3v) is 4.87. The highest BCUT2D eigenvalue weighted by Gasteiger charge is 2.49. The van der Waals surface area contributed by atoms with Crippen molar-refractivity contribution in [3.05, 3.63) is 53.8 Å². The van der Waals surface area contributed by atoms with Gasteiger partial charge in [0.1, 0.15) is 5.82 Å². The lowest BCUT2D eigenvalue weighted by Crippen LogP contribution is -2.65. The number of methoxy groups -OCH3 is 1. The molecule has 0 unspecified atom stereocenters. The van der Waals surface area contributed by atoms with E-state index in [-0.39, 0.29) is 11.9 Å². The molecule has 124 valence electrons. The van der Waals surface area contributed by atoms with E-state index >= 15 is 0 Å². The van der Waals surface area contributed by atoms with E-state index in [1.165, 1.54) is 12.1 Å². The lowest BCUT2D eigenvalue weighted by molar-refractivity contribution is 0.0464. The number of para-hydroxylation sites is 1. The maximum absolute atomic E-state index is 13.3. The van der Waals surface area contributed by atoms with Crippen LogP contribution in [0.2, 0.25) is 0 Å². The number of anilines is 1. The van der Waals surface area contributed by atoms with Crippen molar-refractivity contribution in [2.75, 3.05) is 12.0 Å². The molecule has 2 atom stereocenters. The maximum Gasteiger partial charge on any atom is 0.188 e. The Morgan fingerprint density at radius 3 is 2.75 bits per heavy atom. The Bertz CT molecular complexity index is 811. The van der Waals surface area contributed by atoms with Crippen LogP contribution < -0.4 is 19.7 Å². The van der Waals surface area contributed by atoms with Crippen molar-refractivity contribution in [2.45, 2.75) is 25.1 Å². The Morgan fingerprint density at radius 2 is 2.04 bits per heavy atom. The summed E-state index contributed by atoms with van der Waals surface area (Å²) >= 11 is 5.57. The van der Waals surface area contributed by atoms with Crippen molar-refractivity contribution in [1.29, 1.82) is 0 Å². The summed E-state index contributed by atoms with van der Waals surface area (Å²) in [7, 11) is 1.63. The summed E-state index contributed by atoms with van der Waals surface area (Å²) in [5, 5.41) is 3.94. The third kappa shape index (κ3) is 2.21. The van der Waals surface area contributed by atoms with E-state index in [0.717, 1.165) is 17.0 Å². The van der Waals surface area contributed by atoms with Crippen LogP contribution >= 0.6 is 12.2 Å². The van der Waals surface area contributed by atoms with E-state index in [1.54, 1.807) is 19.2 Å². The number of nitrogens with one attached hydrogen (secondary N) is 1. The zero-order valence-corrected chi connectivity index (χ0v) is 14.2. The molecule has 1 N–H and O–H groups in total. The Balaban J connectivity index is 1.81. The van der Waals surface area contributed by atoms with Crippen LogP contribution in [0.1, 0.15) is 24.9 Å². The van der Waals surface area contributed by atoms with Gasteiger partial charge in [0.05, 0.1) is 13.2 Å². The van der Waals surface area contributed by atoms with Gasteiger partial charge in [-0.05, 0) is 49.5 Å². The van der Waals surface area contributed by atoms with E-state index in [0.29, 0.717) is 17.3 Å². The van der Waals surface area contributed by atoms with E-state index in [4.69, 9.17) is 21.7 Å². The molecule has 2 heterocycles. The largest absolute Gasteiger partial charge is 0.493 e. The molecule has 2 aromatic carbocycles. The maximum atomic E-state index is 13.3. The van der Waals surface area contributed by atoms with Gasteiger partial charge >= 0.3 is 0 Å². The predicted molar refractivity (Wildman–Crippen MR) is 94.0 cm³/mol. The molecule has 0 radical (unpaired) electrons. The van der Waals surface area contributed by atoms with E-state index in [9.17, 15) is 4.39 Å². The molecule has 0 spiro atoms. The van der Waals surface area contributed by atoms with Crippen molar-refractivity contribution in [2.24, 2.45) is 0 Å². The van der Waals surface area contributed by atoms with Crippen molar-refractivity contribution in [1.82, 2.24) is 5.32 Å². The highest BCUT2D eigenvalue weighted by molar-refractivity contribution is 7.80. The molecule has 2 aliphatic heterocycles. The Hall–Kier alpha value is -2.34. The fourth-order valence-corrected chi connectivity index (χ4v) is 3.94. The average molecular weight is 344 g/mol. The van der Waals surface area contributed by atoms with Crippen LogP contribution in [-0.2, 0) is 0 Å². The molecule has 1 fully saturated rings. The summed E-state index contributed by atoms with van der Waals surface area (Å²) in [4.78, 5) is 1.90. The minimum atomic E-state index is -0.674. The SMILES string of the molecule is COc1cccc2c1O[C@]1(C)C[C@H]2NC(=S)N1c1ccc(F)cc1. The van der Waals surface area contributed by atoms with E-state index in [1.807, 2.05) is 30.0 Å². The van der Waals surface area contributed by atoms with Gasteiger partial charge in [-0.2, -0.15) is 0 Å². The van der Waals surface area contributed by atoms with Crippen LogP contribution in [0, 0.1) is 5.82 Å². The number of benzene rings is 2. The summed E-state index contributed by atoms with van der Waals surface area (Å²) < 4.78 is 25.1. The molecule has 24 heavy (non-hydrogen) atoms. The first-order valence-corrected chi connectivity index (χ1v) is 8.15. The van der Waals surface area contributed by atoms with Crippen molar-refractivity contribution in [3.63, 3.8) is 0 Å². The summed E-state index contributed by atoms with van der Waals surface area (Å²) in [6.07, 6.45) is 0.713. The number of nitrogens with zero attached hydrogens (tertiary/aromatic N) is 1. The second-order valence-electron chi connectivity index (χ2n) is 6.17. The highest BCUT2D eigenvalue weighted by Crippen LogP contribution is 2.48. The summed E-state index contributed by atoms with van der Waals surface area (Å²) in [5.74, 6) is 1.13. The first-order valence-electron chi connectivity index (χ1n) is 7.74. The van der Waals surface area contributed by atoms with Crippen LogP contribution in [-0.4, -0.2) is 17.9 Å². The number of rotatable bonds is 2. The molecular formula is C18H17FN2O2S. The summed E-state index contributed by atoms with van der Waals surface area (Å²) in [6.45, 7) is 1.99. The molecule has 0 amide bonds. The van der Waals surface area contributed by atoms with Gasteiger partial charge in [-0.15, -0.1) is 0 Å². The highest BCUT2D eigenvalue weighted by atomic mass is 32.1. The fourth-order valence-electron chi connectivity index (χ4n) is 3.50. The molecule has 2 aliphatic rings. The first kappa shape index (κ1) is 15.2. The zero-order chi connectivity index (χ0) is 16.9. The zero-order valence-electron chi connectivity index (χ0n) is 13.4. The van der Waals surface area contributed by atoms with Gasteiger partial charge in [0, 0.05) is 17.7 Å². The van der Waals surface area contributed by atoms with Gasteiger partial charge < -0.3 is 14.8 Å². The smallest absolute Gasteiger partial charge is 0.188 e. The van der Waals surface area contributed by atoms with Gasteiger partial charge in [0.2, 0.25) is 0 Å². The Kier molecular flexibility index (Phi) is 3.38. The molecule has 0 saturated carbocycles. The second kappa shape index (κ2) is 5.34. The molecule has 2 aromatic rings. The average Bonchev–Trinajstić information content (AvgIpc) is 2.55. The molecule has 6 heteroatoms.